The number of benzene rings is 1. The number of rotatable bonds is 6. The molecule has 0 saturated heterocycles. The summed E-state index contributed by atoms with van der Waals surface area (Å²) >= 11 is 0. The van der Waals surface area contributed by atoms with Crippen molar-refractivity contribution in [2.45, 2.75) is 13.1 Å². The number of carbonyl (C=O) groups excluding carboxylic acids is 1. The number of methoxy groups -OCH3 is 1. The summed E-state index contributed by atoms with van der Waals surface area (Å²) in [5.41, 5.74) is 0.574. The van der Waals surface area contributed by atoms with Crippen molar-refractivity contribution in [3.63, 3.8) is 0 Å². The molecule has 10 nitrogen and oxygen atoms in total. The Morgan fingerprint density at radius 3 is 2.96 bits per heavy atom. The molecule has 142 valence electrons. The van der Waals surface area contributed by atoms with Gasteiger partial charge in [-0.1, -0.05) is 11.3 Å². The lowest BCUT2D eigenvalue weighted by Crippen LogP contribution is -2.32. The molecule has 4 aromatic rings. The normalized spacial score (nSPS) is 10.9. The van der Waals surface area contributed by atoms with Gasteiger partial charge >= 0.3 is 0 Å². The molecule has 0 atom stereocenters. The van der Waals surface area contributed by atoms with Crippen molar-refractivity contribution in [1.82, 2.24) is 29.9 Å². The summed E-state index contributed by atoms with van der Waals surface area (Å²) in [7, 11) is 1.56. The predicted octanol–water partition coefficient (Wildman–Crippen LogP) is 0.895. The minimum Gasteiger partial charge on any atom is -0.497 e. The zero-order valence-corrected chi connectivity index (χ0v) is 14.9. The number of nitrogens with zero attached hydrogens (tertiary/aromatic N) is 5. The molecule has 0 aliphatic rings. The summed E-state index contributed by atoms with van der Waals surface area (Å²) in [5, 5.41) is 10.6. The van der Waals surface area contributed by atoms with E-state index in [9.17, 15) is 9.59 Å². The summed E-state index contributed by atoms with van der Waals surface area (Å²) in [6.45, 7) is 0.0524. The van der Waals surface area contributed by atoms with Gasteiger partial charge in [0, 0.05) is 6.07 Å². The van der Waals surface area contributed by atoms with E-state index >= 15 is 0 Å². The lowest BCUT2D eigenvalue weighted by Gasteiger charge is -2.07. The number of ether oxygens (including phenoxy) is 1. The van der Waals surface area contributed by atoms with E-state index < -0.39 is 5.56 Å². The highest BCUT2D eigenvalue weighted by Gasteiger charge is 2.15. The number of furan rings is 1. The van der Waals surface area contributed by atoms with Gasteiger partial charge in [-0.05, 0) is 24.3 Å². The molecule has 0 bridgehead atoms. The van der Waals surface area contributed by atoms with Crippen LogP contribution in [-0.4, -0.2) is 37.6 Å². The van der Waals surface area contributed by atoms with Gasteiger partial charge in [-0.3, -0.25) is 14.2 Å². The second-order valence-corrected chi connectivity index (χ2v) is 5.91. The molecule has 0 aliphatic heterocycles. The fourth-order valence-electron chi connectivity index (χ4n) is 2.68. The molecule has 28 heavy (non-hydrogen) atoms. The molecule has 1 amide bonds. The van der Waals surface area contributed by atoms with Crippen LogP contribution in [0.15, 0.2) is 58.2 Å². The minimum atomic E-state index is -0.452. The number of hydrogen-bond acceptors (Lipinski definition) is 7. The van der Waals surface area contributed by atoms with Gasteiger partial charge in [-0.25, -0.2) is 4.98 Å². The van der Waals surface area contributed by atoms with Crippen molar-refractivity contribution in [1.29, 1.82) is 0 Å². The highest BCUT2D eigenvalue weighted by atomic mass is 16.5. The molecule has 1 N–H and O–H groups in total. The SMILES string of the molecule is COc1cccc(-n2nnc3c(=O)n(CC(=O)NCc4ccco4)cnc32)c1. The summed E-state index contributed by atoms with van der Waals surface area (Å²) in [6, 6.07) is 10.6. The lowest BCUT2D eigenvalue weighted by atomic mass is 10.3. The summed E-state index contributed by atoms with van der Waals surface area (Å²) in [5.74, 6) is 0.915. The summed E-state index contributed by atoms with van der Waals surface area (Å²) < 4.78 is 13.0. The fraction of sp³-hybridized carbons (Fsp3) is 0.167. The molecule has 1 aromatic carbocycles. The molecule has 0 spiro atoms. The van der Waals surface area contributed by atoms with Crippen LogP contribution in [0.1, 0.15) is 5.76 Å². The quantitative estimate of drug-likeness (QED) is 0.528. The first-order chi connectivity index (χ1) is 13.7. The largest absolute Gasteiger partial charge is 0.497 e. The maximum absolute atomic E-state index is 12.6. The second kappa shape index (κ2) is 7.35. The Morgan fingerprint density at radius 2 is 2.18 bits per heavy atom. The summed E-state index contributed by atoms with van der Waals surface area (Å²) in [4.78, 5) is 29.0. The van der Waals surface area contributed by atoms with Crippen molar-refractivity contribution in [3.8, 4) is 11.4 Å². The zero-order valence-electron chi connectivity index (χ0n) is 14.9. The number of hydrogen-bond donors (Lipinski definition) is 1. The molecule has 0 unspecified atom stereocenters. The molecular formula is C18H16N6O4. The third kappa shape index (κ3) is 3.34. The van der Waals surface area contributed by atoms with E-state index in [1.165, 1.54) is 21.8 Å². The van der Waals surface area contributed by atoms with E-state index in [0.29, 0.717) is 22.8 Å². The van der Waals surface area contributed by atoms with Gasteiger partial charge in [0.2, 0.25) is 5.91 Å². The van der Waals surface area contributed by atoms with Gasteiger partial charge in [-0.15, -0.1) is 5.10 Å². The van der Waals surface area contributed by atoms with Crippen LogP contribution in [-0.2, 0) is 17.9 Å². The fourth-order valence-corrected chi connectivity index (χ4v) is 2.68. The van der Waals surface area contributed by atoms with Crippen LogP contribution in [0.2, 0.25) is 0 Å². The van der Waals surface area contributed by atoms with Gasteiger partial charge in [0.25, 0.3) is 5.56 Å². The van der Waals surface area contributed by atoms with E-state index in [0.717, 1.165) is 0 Å². The Morgan fingerprint density at radius 1 is 1.29 bits per heavy atom. The second-order valence-electron chi connectivity index (χ2n) is 5.91. The maximum atomic E-state index is 12.6. The molecule has 0 saturated carbocycles. The molecule has 4 rings (SSSR count). The Hall–Kier alpha value is -3.95. The van der Waals surface area contributed by atoms with Crippen molar-refractivity contribution in [3.05, 3.63) is 65.1 Å². The Balaban J connectivity index is 1.57. The lowest BCUT2D eigenvalue weighted by molar-refractivity contribution is -0.122. The van der Waals surface area contributed by atoms with Gasteiger partial charge in [-0.2, -0.15) is 4.68 Å². The zero-order chi connectivity index (χ0) is 19.5. The number of nitrogens with one attached hydrogen (secondary N) is 1. The molecule has 3 heterocycles. The van der Waals surface area contributed by atoms with E-state index in [1.807, 2.05) is 0 Å². The van der Waals surface area contributed by atoms with E-state index in [1.54, 1.807) is 43.5 Å². The molecule has 3 aromatic heterocycles. The number of fused-ring (bicyclic) bond motifs is 1. The van der Waals surface area contributed by atoms with E-state index in [4.69, 9.17) is 9.15 Å². The number of amides is 1. The summed E-state index contributed by atoms with van der Waals surface area (Å²) in [6.07, 6.45) is 2.83. The van der Waals surface area contributed by atoms with Crippen molar-refractivity contribution in [2.75, 3.05) is 7.11 Å². The monoisotopic (exact) mass is 380 g/mol. The maximum Gasteiger partial charge on any atom is 0.284 e. The van der Waals surface area contributed by atoms with Crippen molar-refractivity contribution >= 4 is 17.1 Å². The third-order valence-electron chi connectivity index (χ3n) is 4.08. The Kier molecular flexibility index (Phi) is 4.58. The topological polar surface area (TPSA) is 117 Å². The van der Waals surface area contributed by atoms with Gasteiger partial charge in [0.15, 0.2) is 11.2 Å². The Labute approximate surface area is 158 Å². The minimum absolute atomic E-state index is 0.0733. The smallest absolute Gasteiger partial charge is 0.284 e. The standard InChI is InChI=1S/C18H16N6O4/c1-27-13-5-2-4-12(8-13)24-17-16(21-22-24)18(26)23(11-20-17)10-15(25)19-9-14-6-3-7-28-14/h2-8,11H,9-10H2,1H3,(H,19,25). The van der Waals surface area contributed by atoms with Crippen LogP contribution in [0.5, 0.6) is 5.75 Å². The van der Waals surface area contributed by atoms with E-state index in [-0.39, 0.29) is 24.5 Å². The first kappa shape index (κ1) is 17.5. The first-order valence-electron chi connectivity index (χ1n) is 8.40. The van der Waals surface area contributed by atoms with Gasteiger partial charge in [0.1, 0.15) is 24.4 Å². The molecule has 0 aliphatic carbocycles. The van der Waals surface area contributed by atoms with Crippen molar-refractivity contribution < 1.29 is 13.9 Å². The number of carbonyl (C=O) groups is 1. The van der Waals surface area contributed by atoms with Crippen LogP contribution >= 0.6 is 0 Å². The van der Waals surface area contributed by atoms with Crippen LogP contribution in [0.4, 0.5) is 0 Å². The van der Waals surface area contributed by atoms with Crippen LogP contribution in [0, 0.1) is 0 Å². The van der Waals surface area contributed by atoms with Crippen molar-refractivity contribution in [2.24, 2.45) is 0 Å². The molecule has 0 radical (unpaired) electrons. The molecule has 0 fully saturated rings. The van der Waals surface area contributed by atoms with Crippen LogP contribution < -0.4 is 15.6 Å². The Bertz CT molecular complexity index is 1180. The predicted molar refractivity (Wildman–Crippen MR) is 98.0 cm³/mol. The van der Waals surface area contributed by atoms with Crippen LogP contribution in [0.25, 0.3) is 16.9 Å². The first-order valence-corrected chi connectivity index (χ1v) is 8.40. The molecule has 10 heteroatoms. The van der Waals surface area contributed by atoms with E-state index in [2.05, 4.69) is 20.6 Å². The van der Waals surface area contributed by atoms with Gasteiger partial charge < -0.3 is 14.5 Å². The molecular weight excluding hydrogens is 364 g/mol. The average molecular weight is 380 g/mol. The third-order valence-corrected chi connectivity index (χ3v) is 4.08. The van der Waals surface area contributed by atoms with Crippen LogP contribution in [0.3, 0.4) is 0 Å². The highest BCUT2D eigenvalue weighted by molar-refractivity contribution is 5.76. The number of aromatic nitrogens is 5. The average Bonchev–Trinajstić information content (AvgIpc) is 3.38. The highest BCUT2D eigenvalue weighted by Crippen LogP contribution is 2.17. The van der Waals surface area contributed by atoms with Gasteiger partial charge in [0.05, 0.1) is 25.6 Å².